The molecule has 0 heterocycles. The van der Waals surface area contributed by atoms with E-state index in [2.05, 4.69) is 25.5 Å². The van der Waals surface area contributed by atoms with Crippen molar-refractivity contribution < 1.29 is 8.42 Å². The third kappa shape index (κ3) is 4.58. The monoisotopic (exact) mass is 298 g/mol. The SMILES string of the molecule is CC(C)NS(=O)(=O)c1ccccc1CC(N)C(C)(C)C. The number of sulfonamides is 1. The molecule has 0 aliphatic rings. The van der Waals surface area contributed by atoms with Crippen LogP contribution >= 0.6 is 0 Å². The third-order valence-electron chi connectivity index (χ3n) is 3.21. The fourth-order valence-corrected chi connectivity index (χ4v) is 3.35. The number of benzene rings is 1. The summed E-state index contributed by atoms with van der Waals surface area (Å²) in [4.78, 5) is 0.327. The fourth-order valence-electron chi connectivity index (χ4n) is 1.85. The zero-order valence-electron chi connectivity index (χ0n) is 13.0. The summed E-state index contributed by atoms with van der Waals surface area (Å²) in [6.07, 6.45) is 0.540. The first-order valence-electron chi connectivity index (χ1n) is 6.90. The maximum atomic E-state index is 12.3. The van der Waals surface area contributed by atoms with Gasteiger partial charge in [0.25, 0.3) is 0 Å². The number of nitrogens with two attached hydrogens (primary N) is 1. The Morgan fingerprint density at radius 3 is 2.25 bits per heavy atom. The summed E-state index contributed by atoms with van der Waals surface area (Å²) in [6.45, 7) is 9.78. The highest BCUT2D eigenvalue weighted by atomic mass is 32.2. The van der Waals surface area contributed by atoms with Crippen molar-refractivity contribution in [3.8, 4) is 0 Å². The molecule has 1 rings (SSSR count). The average molecular weight is 298 g/mol. The van der Waals surface area contributed by atoms with Crippen molar-refractivity contribution in [2.24, 2.45) is 11.1 Å². The topological polar surface area (TPSA) is 72.2 Å². The quantitative estimate of drug-likeness (QED) is 0.876. The fraction of sp³-hybridized carbons (Fsp3) is 0.600. The molecule has 114 valence electrons. The normalized spacial score (nSPS) is 14.6. The van der Waals surface area contributed by atoms with E-state index < -0.39 is 10.0 Å². The molecule has 0 aliphatic heterocycles. The van der Waals surface area contributed by atoms with Crippen LogP contribution in [0.15, 0.2) is 29.2 Å². The molecule has 0 bridgehead atoms. The first-order chi connectivity index (χ1) is 9.04. The lowest BCUT2D eigenvalue weighted by Gasteiger charge is -2.27. The molecule has 3 N–H and O–H groups in total. The van der Waals surface area contributed by atoms with Crippen molar-refractivity contribution in [1.82, 2.24) is 4.72 Å². The van der Waals surface area contributed by atoms with E-state index in [9.17, 15) is 8.42 Å². The van der Waals surface area contributed by atoms with Gasteiger partial charge in [-0.05, 0) is 37.3 Å². The van der Waals surface area contributed by atoms with Crippen LogP contribution in [0.25, 0.3) is 0 Å². The number of nitrogens with one attached hydrogen (secondary N) is 1. The van der Waals surface area contributed by atoms with E-state index in [0.29, 0.717) is 11.3 Å². The summed E-state index contributed by atoms with van der Waals surface area (Å²) in [5, 5.41) is 0. The molecule has 1 aromatic rings. The van der Waals surface area contributed by atoms with Gasteiger partial charge in [0, 0.05) is 12.1 Å². The highest BCUT2D eigenvalue weighted by Gasteiger charge is 2.25. The van der Waals surface area contributed by atoms with E-state index in [0.717, 1.165) is 5.56 Å². The predicted octanol–water partition coefficient (Wildman–Crippen LogP) is 2.29. The molecule has 1 atom stereocenters. The predicted molar refractivity (Wildman–Crippen MR) is 83.0 cm³/mol. The summed E-state index contributed by atoms with van der Waals surface area (Å²) in [5.41, 5.74) is 6.88. The van der Waals surface area contributed by atoms with Crippen molar-refractivity contribution >= 4 is 10.0 Å². The van der Waals surface area contributed by atoms with Gasteiger partial charge >= 0.3 is 0 Å². The van der Waals surface area contributed by atoms with Gasteiger partial charge in [-0.3, -0.25) is 0 Å². The Morgan fingerprint density at radius 2 is 1.75 bits per heavy atom. The lowest BCUT2D eigenvalue weighted by atomic mass is 9.84. The largest absolute Gasteiger partial charge is 0.327 e. The Morgan fingerprint density at radius 1 is 1.20 bits per heavy atom. The molecule has 0 aliphatic carbocycles. The maximum Gasteiger partial charge on any atom is 0.241 e. The summed E-state index contributed by atoms with van der Waals surface area (Å²) in [6, 6.07) is 6.82. The molecule has 0 radical (unpaired) electrons. The Labute approximate surface area is 122 Å². The second-order valence-electron chi connectivity index (χ2n) is 6.56. The van der Waals surface area contributed by atoms with E-state index in [1.54, 1.807) is 26.0 Å². The highest BCUT2D eigenvalue weighted by molar-refractivity contribution is 7.89. The number of hydrogen-bond donors (Lipinski definition) is 2. The van der Waals surface area contributed by atoms with Crippen LogP contribution in [-0.2, 0) is 16.4 Å². The average Bonchev–Trinajstić information content (AvgIpc) is 2.26. The van der Waals surface area contributed by atoms with E-state index in [1.165, 1.54) is 0 Å². The van der Waals surface area contributed by atoms with Crippen molar-refractivity contribution in [3.63, 3.8) is 0 Å². The van der Waals surface area contributed by atoms with Crippen molar-refractivity contribution in [2.45, 2.75) is 58.0 Å². The minimum Gasteiger partial charge on any atom is -0.327 e. The van der Waals surface area contributed by atoms with Crippen LogP contribution in [0.2, 0.25) is 0 Å². The van der Waals surface area contributed by atoms with Gasteiger partial charge in [0.1, 0.15) is 0 Å². The molecule has 0 saturated carbocycles. The van der Waals surface area contributed by atoms with Crippen molar-refractivity contribution in [2.75, 3.05) is 0 Å². The third-order valence-corrected chi connectivity index (χ3v) is 4.96. The van der Waals surface area contributed by atoms with Crippen LogP contribution in [0.3, 0.4) is 0 Å². The maximum absolute atomic E-state index is 12.3. The van der Waals surface area contributed by atoms with Crippen molar-refractivity contribution in [1.29, 1.82) is 0 Å². The van der Waals surface area contributed by atoms with Gasteiger partial charge in [0.15, 0.2) is 0 Å². The second-order valence-corrected chi connectivity index (χ2v) is 8.24. The molecule has 1 unspecified atom stereocenters. The van der Waals surface area contributed by atoms with E-state index in [1.807, 2.05) is 12.1 Å². The van der Waals surface area contributed by atoms with Crippen molar-refractivity contribution in [3.05, 3.63) is 29.8 Å². The Hall–Kier alpha value is -0.910. The van der Waals surface area contributed by atoms with Gasteiger partial charge in [-0.25, -0.2) is 13.1 Å². The first-order valence-corrected chi connectivity index (χ1v) is 8.38. The van der Waals surface area contributed by atoms with E-state index >= 15 is 0 Å². The molecule has 20 heavy (non-hydrogen) atoms. The number of hydrogen-bond acceptors (Lipinski definition) is 3. The van der Waals surface area contributed by atoms with Crippen LogP contribution in [-0.4, -0.2) is 20.5 Å². The van der Waals surface area contributed by atoms with Gasteiger partial charge in [0.05, 0.1) is 4.90 Å². The molecular formula is C15H26N2O2S. The van der Waals surface area contributed by atoms with E-state index in [4.69, 9.17) is 5.73 Å². The Bertz CT molecular complexity index is 545. The summed E-state index contributed by atoms with van der Waals surface area (Å²) < 4.78 is 27.3. The molecule has 0 aromatic heterocycles. The lowest BCUT2D eigenvalue weighted by molar-refractivity contribution is 0.317. The molecule has 0 fully saturated rings. The second kappa shape index (κ2) is 6.24. The van der Waals surface area contributed by atoms with Gasteiger partial charge in [-0.2, -0.15) is 0 Å². The van der Waals surface area contributed by atoms with Crippen LogP contribution in [0.1, 0.15) is 40.2 Å². The van der Waals surface area contributed by atoms with Gasteiger partial charge < -0.3 is 5.73 Å². The summed E-state index contributed by atoms with van der Waals surface area (Å²) in [5.74, 6) is 0. The standard InChI is InChI=1S/C15H26N2O2S/c1-11(2)17-20(18,19)13-9-7-6-8-12(13)10-14(16)15(3,4)5/h6-9,11,14,17H,10,16H2,1-5H3. The molecule has 0 spiro atoms. The van der Waals surface area contributed by atoms with Crippen LogP contribution < -0.4 is 10.5 Å². The van der Waals surface area contributed by atoms with Gasteiger partial charge in [-0.1, -0.05) is 39.0 Å². The number of rotatable bonds is 5. The molecule has 4 nitrogen and oxygen atoms in total. The Kier molecular flexibility index (Phi) is 5.35. The minimum atomic E-state index is -3.49. The Balaban J connectivity index is 3.12. The summed E-state index contributed by atoms with van der Waals surface area (Å²) >= 11 is 0. The zero-order chi connectivity index (χ0) is 15.6. The minimum absolute atomic E-state index is 0.0671. The molecule has 5 heteroatoms. The lowest BCUT2D eigenvalue weighted by Crippen LogP contribution is -2.38. The molecule has 0 saturated heterocycles. The first kappa shape index (κ1) is 17.1. The van der Waals surface area contributed by atoms with E-state index in [-0.39, 0.29) is 17.5 Å². The van der Waals surface area contributed by atoms with Crippen LogP contribution in [0, 0.1) is 5.41 Å². The van der Waals surface area contributed by atoms with Crippen LogP contribution in [0.4, 0.5) is 0 Å². The van der Waals surface area contributed by atoms with Crippen LogP contribution in [0.5, 0.6) is 0 Å². The highest BCUT2D eigenvalue weighted by Crippen LogP contribution is 2.24. The summed E-state index contributed by atoms with van der Waals surface area (Å²) in [7, 11) is -3.49. The zero-order valence-corrected chi connectivity index (χ0v) is 13.8. The molecule has 1 aromatic carbocycles. The van der Waals surface area contributed by atoms with Gasteiger partial charge in [-0.15, -0.1) is 0 Å². The molecular weight excluding hydrogens is 272 g/mol. The van der Waals surface area contributed by atoms with Gasteiger partial charge in [0.2, 0.25) is 10.0 Å². The molecule has 0 amide bonds. The smallest absolute Gasteiger partial charge is 0.241 e.